The molecule has 3 N–H and O–H groups in total. The third-order valence-electron chi connectivity index (χ3n) is 1.59. The highest BCUT2D eigenvalue weighted by Crippen LogP contribution is 2.23. The molecule has 4 heteroatoms. The zero-order chi connectivity index (χ0) is 8.97. The van der Waals surface area contributed by atoms with Gasteiger partial charge in [-0.2, -0.15) is 0 Å². The molecule has 1 atom stereocenters. The molecule has 0 aliphatic heterocycles. The summed E-state index contributed by atoms with van der Waals surface area (Å²) in [6, 6.07) is 2.35. The summed E-state index contributed by atoms with van der Waals surface area (Å²) in [5, 5.41) is 2.12. The standard InChI is InChI=1S/C8H11IN2S/c1-2-3-7(11-10)6-4-8(9)12-5-6/h2,4-5,7,11H,1,3,10H2. The number of nitrogens with one attached hydrogen (secondary N) is 1. The predicted molar refractivity (Wildman–Crippen MR) is 61.9 cm³/mol. The van der Waals surface area contributed by atoms with Gasteiger partial charge in [0.15, 0.2) is 0 Å². The second-order valence-corrected chi connectivity index (χ2v) is 5.23. The van der Waals surface area contributed by atoms with Gasteiger partial charge in [0.05, 0.1) is 8.93 Å². The van der Waals surface area contributed by atoms with Crippen LogP contribution in [0.5, 0.6) is 0 Å². The van der Waals surface area contributed by atoms with Crippen LogP contribution >= 0.6 is 33.9 Å². The van der Waals surface area contributed by atoms with Gasteiger partial charge in [-0.15, -0.1) is 17.9 Å². The Morgan fingerprint density at radius 1 is 1.83 bits per heavy atom. The Balaban J connectivity index is 2.72. The van der Waals surface area contributed by atoms with E-state index < -0.39 is 0 Å². The monoisotopic (exact) mass is 294 g/mol. The molecule has 66 valence electrons. The van der Waals surface area contributed by atoms with E-state index in [1.54, 1.807) is 11.3 Å². The highest BCUT2D eigenvalue weighted by atomic mass is 127. The van der Waals surface area contributed by atoms with Crippen molar-refractivity contribution in [2.24, 2.45) is 5.84 Å². The van der Waals surface area contributed by atoms with Crippen LogP contribution < -0.4 is 11.3 Å². The summed E-state index contributed by atoms with van der Waals surface area (Å²) in [7, 11) is 0. The third kappa shape index (κ3) is 2.55. The van der Waals surface area contributed by atoms with Crippen LogP contribution in [-0.2, 0) is 0 Å². The first-order valence-electron chi connectivity index (χ1n) is 3.59. The molecule has 1 aromatic heterocycles. The summed E-state index contributed by atoms with van der Waals surface area (Å²) in [5.74, 6) is 5.40. The normalized spacial score (nSPS) is 12.8. The molecule has 0 spiro atoms. The van der Waals surface area contributed by atoms with E-state index in [9.17, 15) is 0 Å². The van der Waals surface area contributed by atoms with Gasteiger partial charge in [0.1, 0.15) is 0 Å². The third-order valence-corrected chi connectivity index (χ3v) is 3.40. The predicted octanol–water partition coefficient (Wildman–Crippen LogP) is 2.43. The highest BCUT2D eigenvalue weighted by Gasteiger charge is 2.08. The van der Waals surface area contributed by atoms with Crippen molar-refractivity contribution in [2.45, 2.75) is 12.5 Å². The van der Waals surface area contributed by atoms with Crippen molar-refractivity contribution >= 4 is 33.9 Å². The summed E-state index contributed by atoms with van der Waals surface area (Å²) in [6.07, 6.45) is 2.73. The summed E-state index contributed by atoms with van der Waals surface area (Å²) >= 11 is 4.03. The smallest absolute Gasteiger partial charge is 0.0656 e. The lowest BCUT2D eigenvalue weighted by Gasteiger charge is -2.10. The summed E-state index contributed by atoms with van der Waals surface area (Å²) in [4.78, 5) is 0. The largest absolute Gasteiger partial charge is 0.271 e. The minimum absolute atomic E-state index is 0.210. The first-order chi connectivity index (χ1) is 5.77. The van der Waals surface area contributed by atoms with Gasteiger partial charge in [-0.25, -0.2) is 0 Å². The molecule has 0 bridgehead atoms. The number of hydrogen-bond donors (Lipinski definition) is 2. The molecule has 0 saturated heterocycles. The van der Waals surface area contributed by atoms with Crippen molar-refractivity contribution in [1.29, 1.82) is 0 Å². The maximum atomic E-state index is 5.40. The van der Waals surface area contributed by atoms with Crippen LogP contribution in [0.1, 0.15) is 18.0 Å². The first-order valence-corrected chi connectivity index (χ1v) is 5.54. The number of halogens is 1. The molecular formula is C8H11IN2S. The number of hydrazine groups is 1. The van der Waals surface area contributed by atoms with E-state index in [2.05, 4.69) is 46.0 Å². The van der Waals surface area contributed by atoms with Gasteiger partial charge >= 0.3 is 0 Å². The molecule has 0 saturated carbocycles. The Morgan fingerprint density at radius 3 is 3.00 bits per heavy atom. The molecular weight excluding hydrogens is 283 g/mol. The number of rotatable bonds is 4. The maximum absolute atomic E-state index is 5.40. The lowest BCUT2D eigenvalue weighted by atomic mass is 10.1. The molecule has 1 rings (SSSR count). The Labute approximate surface area is 90.0 Å². The second kappa shape index (κ2) is 4.96. The molecule has 12 heavy (non-hydrogen) atoms. The summed E-state index contributed by atoms with van der Waals surface area (Å²) in [5.41, 5.74) is 4.01. The minimum Gasteiger partial charge on any atom is -0.271 e. The average molecular weight is 294 g/mol. The van der Waals surface area contributed by atoms with Gasteiger partial charge in [0.25, 0.3) is 0 Å². The second-order valence-electron chi connectivity index (χ2n) is 2.43. The van der Waals surface area contributed by atoms with Crippen LogP contribution in [0.3, 0.4) is 0 Å². The Bertz CT molecular complexity index is 259. The quantitative estimate of drug-likeness (QED) is 0.387. The topological polar surface area (TPSA) is 38.0 Å². The Hall–Kier alpha value is 0.0900. The summed E-state index contributed by atoms with van der Waals surface area (Å²) in [6.45, 7) is 3.69. The molecule has 1 aromatic rings. The highest BCUT2D eigenvalue weighted by molar-refractivity contribution is 14.1. The first kappa shape index (κ1) is 10.2. The number of nitrogens with two attached hydrogens (primary N) is 1. The van der Waals surface area contributed by atoms with Gasteiger partial charge in [0, 0.05) is 0 Å². The van der Waals surface area contributed by atoms with Crippen LogP contribution in [0.2, 0.25) is 0 Å². The lowest BCUT2D eigenvalue weighted by molar-refractivity contribution is 0.563. The van der Waals surface area contributed by atoms with Crippen molar-refractivity contribution < 1.29 is 0 Å². The molecule has 0 radical (unpaired) electrons. The van der Waals surface area contributed by atoms with E-state index in [1.165, 1.54) is 8.45 Å². The van der Waals surface area contributed by atoms with Gasteiger partial charge in [0.2, 0.25) is 0 Å². The molecule has 0 amide bonds. The summed E-state index contributed by atoms with van der Waals surface area (Å²) < 4.78 is 1.28. The van der Waals surface area contributed by atoms with Crippen molar-refractivity contribution in [3.63, 3.8) is 0 Å². The fourth-order valence-electron chi connectivity index (χ4n) is 0.973. The van der Waals surface area contributed by atoms with Gasteiger partial charge in [-0.3, -0.25) is 11.3 Å². The van der Waals surface area contributed by atoms with Crippen LogP contribution in [-0.4, -0.2) is 0 Å². The number of hydrogen-bond acceptors (Lipinski definition) is 3. The Kier molecular flexibility index (Phi) is 4.20. The van der Waals surface area contributed by atoms with Crippen LogP contribution in [0.4, 0.5) is 0 Å². The van der Waals surface area contributed by atoms with E-state index in [0.29, 0.717) is 0 Å². The molecule has 0 aliphatic rings. The SMILES string of the molecule is C=CCC(NN)c1csc(I)c1. The van der Waals surface area contributed by atoms with E-state index in [1.807, 2.05) is 6.08 Å². The van der Waals surface area contributed by atoms with E-state index in [-0.39, 0.29) is 6.04 Å². The van der Waals surface area contributed by atoms with E-state index in [4.69, 9.17) is 5.84 Å². The van der Waals surface area contributed by atoms with Crippen molar-refractivity contribution in [2.75, 3.05) is 0 Å². The van der Waals surface area contributed by atoms with Gasteiger partial charge < -0.3 is 0 Å². The lowest BCUT2D eigenvalue weighted by Crippen LogP contribution is -2.27. The molecule has 1 unspecified atom stereocenters. The van der Waals surface area contributed by atoms with Crippen LogP contribution in [0.15, 0.2) is 24.1 Å². The van der Waals surface area contributed by atoms with Crippen molar-refractivity contribution in [3.05, 3.63) is 32.5 Å². The maximum Gasteiger partial charge on any atom is 0.0656 e. The Morgan fingerprint density at radius 2 is 2.58 bits per heavy atom. The van der Waals surface area contributed by atoms with Crippen LogP contribution in [0.25, 0.3) is 0 Å². The molecule has 0 aromatic carbocycles. The fraction of sp³-hybridized carbons (Fsp3) is 0.250. The van der Waals surface area contributed by atoms with Crippen molar-refractivity contribution in [1.82, 2.24) is 5.43 Å². The molecule has 1 heterocycles. The zero-order valence-electron chi connectivity index (χ0n) is 6.59. The van der Waals surface area contributed by atoms with E-state index in [0.717, 1.165) is 6.42 Å². The van der Waals surface area contributed by atoms with Crippen molar-refractivity contribution in [3.8, 4) is 0 Å². The van der Waals surface area contributed by atoms with Gasteiger partial charge in [-0.1, -0.05) is 6.08 Å². The molecule has 2 nitrogen and oxygen atoms in total. The minimum atomic E-state index is 0.210. The average Bonchev–Trinajstić information content (AvgIpc) is 2.47. The number of thiophene rings is 1. The van der Waals surface area contributed by atoms with E-state index >= 15 is 0 Å². The molecule has 0 aliphatic carbocycles. The molecule has 0 fully saturated rings. The fourth-order valence-corrected chi connectivity index (χ4v) is 2.40. The van der Waals surface area contributed by atoms with Crippen LogP contribution in [0, 0.1) is 2.88 Å². The zero-order valence-corrected chi connectivity index (χ0v) is 9.56. The van der Waals surface area contributed by atoms with Gasteiger partial charge in [-0.05, 0) is 46.0 Å².